The first kappa shape index (κ1) is 13.0. The summed E-state index contributed by atoms with van der Waals surface area (Å²) in [5.74, 6) is 0.158. The largest absolute Gasteiger partial charge is 0.364 e. The van der Waals surface area contributed by atoms with E-state index in [0.717, 1.165) is 36.3 Å². The highest BCUT2D eigenvalue weighted by atomic mass is 16.2. The molecule has 3 aliphatic rings. The van der Waals surface area contributed by atoms with Crippen LogP contribution < -0.4 is 15.1 Å². The molecule has 4 nitrogen and oxygen atoms in total. The highest BCUT2D eigenvalue weighted by Crippen LogP contribution is 2.52. The van der Waals surface area contributed by atoms with Crippen LogP contribution in [0.2, 0.25) is 0 Å². The summed E-state index contributed by atoms with van der Waals surface area (Å²) in [6, 6.07) is 16.7. The second-order valence-corrected chi connectivity index (χ2v) is 6.68. The number of amides is 1. The number of nitrogens with zero attached hydrogens (tertiary/aromatic N) is 2. The minimum Gasteiger partial charge on any atom is -0.364 e. The Bertz CT molecular complexity index is 818. The molecule has 4 heteroatoms. The quantitative estimate of drug-likeness (QED) is 0.813. The van der Waals surface area contributed by atoms with E-state index < -0.39 is 5.54 Å². The normalized spacial score (nSPS) is 27.7. The standard InChI is InChI=1S/C19H19N3O/c1-21-15-9-4-2-7-13(15)19(18(21)23)17-11-6-12-22(17)16-10-5-3-8-14(16)20-19/h2-5,7-10,17,20H,6,11-12H2,1H3. The van der Waals surface area contributed by atoms with Crippen molar-refractivity contribution in [2.24, 2.45) is 0 Å². The number of para-hydroxylation sites is 3. The van der Waals surface area contributed by atoms with Crippen molar-refractivity contribution in [3.63, 3.8) is 0 Å². The number of nitrogens with one attached hydrogen (secondary N) is 1. The third-order valence-corrected chi connectivity index (χ3v) is 5.63. The number of hydrogen-bond donors (Lipinski definition) is 1. The van der Waals surface area contributed by atoms with Crippen LogP contribution in [0.3, 0.4) is 0 Å². The lowest BCUT2D eigenvalue weighted by atomic mass is 9.80. The molecule has 0 bridgehead atoms. The van der Waals surface area contributed by atoms with Crippen LogP contribution >= 0.6 is 0 Å². The van der Waals surface area contributed by atoms with E-state index in [4.69, 9.17) is 0 Å². The highest BCUT2D eigenvalue weighted by Gasteiger charge is 2.59. The third-order valence-electron chi connectivity index (χ3n) is 5.63. The zero-order valence-corrected chi connectivity index (χ0v) is 13.1. The maximum absolute atomic E-state index is 13.3. The molecular formula is C19H19N3O. The molecule has 2 aromatic rings. The molecule has 1 fully saturated rings. The van der Waals surface area contributed by atoms with E-state index in [0.29, 0.717) is 0 Å². The summed E-state index contributed by atoms with van der Waals surface area (Å²) in [4.78, 5) is 17.6. The van der Waals surface area contributed by atoms with Crippen molar-refractivity contribution in [2.75, 3.05) is 28.7 Å². The van der Waals surface area contributed by atoms with Crippen LogP contribution in [0.4, 0.5) is 17.1 Å². The molecule has 5 rings (SSSR count). The summed E-state index contributed by atoms with van der Waals surface area (Å²) in [6.07, 6.45) is 2.16. The van der Waals surface area contributed by atoms with Gasteiger partial charge in [-0.1, -0.05) is 30.3 Å². The Labute approximate surface area is 135 Å². The molecule has 0 aliphatic carbocycles. The van der Waals surface area contributed by atoms with Crippen molar-refractivity contribution in [3.05, 3.63) is 54.1 Å². The molecule has 1 spiro atoms. The van der Waals surface area contributed by atoms with Gasteiger partial charge in [0.2, 0.25) is 0 Å². The van der Waals surface area contributed by atoms with Crippen LogP contribution in [-0.4, -0.2) is 25.5 Å². The fourth-order valence-electron chi connectivity index (χ4n) is 4.66. The van der Waals surface area contributed by atoms with Crippen LogP contribution in [0.1, 0.15) is 18.4 Å². The van der Waals surface area contributed by atoms with Gasteiger partial charge in [0.1, 0.15) is 0 Å². The first-order chi connectivity index (χ1) is 11.2. The molecule has 0 aromatic heterocycles. The van der Waals surface area contributed by atoms with Crippen molar-refractivity contribution < 1.29 is 4.79 Å². The van der Waals surface area contributed by atoms with Gasteiger partial charge in [0.15, 0.2) is 5.54 Å². The first-order valence-corrected chi connectivity index (χ1v) is 8.25. The van der Waals surface area contributed by atoms with Crippen molar-refractivity contribution in [1.82, 2.24) is 0 Å². The average molecular weight is 305 g/mol. The van der Waals surface area contributed by atoms with E-state index in [1.165, 1.54) is 5.69 Å². The van der Waals surface area contributed by atoms with Gasteiger partial charge in [0.25, 0.3) is 5.91 Å². The van der Waals surface area contributed by atoms with Crippen LogP contribution in [0.5, 0.6) is 0 Å². The van der Waals surface area contributed by atoms with Gasteiger partial charge in [-0.3, -0.25) is 4.79 Å². The van der Waals surface area contributed by atoms with Gasteiger partial charge < -0.3 is 15.1 Å². The molecule has 0 radical (unpaired) electrons. The summed E-state index contributed by atoms with van der Waals surface area (Å²) in [5.41, 5.74) is 3.76. The molecule has 0 saturated carbocycles. The van der Waals surface area contributed by atoms with E-state index in [1.807, 2.05) is 36.2 Å². The number of hydrogen-bond acceptors (Lipinski definition) is 3. The van der Waals surface area contributed by atoms with Crippen molar-refractivity contribution in [3.8, 4) is 0 Å². The van der Waals surface area contributed by atoms with E-state index in [-0.39, 0.29) is 11.9 Å². The van der Waals surface area contributed by atoms with E-state index in [9.17, 15) is 4.79 Å². The summed E-state index contributed by atoms with van der Waals surface area (Å²) in [6.45, 7) is 1.02. The predicted octanol–water partition coefficient (Wildman–Crippen LogP) is 2.95. The maximum atomic E-state index is 13.3. The second-order valence-electron chi connectivity index (χ2n) is 6.68. The second kappa shape index (κ2) is 4.28. The van der Waals surface area contributed by atoms with Crippen molar-refractivity contribution in [1.29, 1.82) is 0 Å². The number of carbonyl (C=O) groups excluding carboxylic acids is 1. The van der Waals surface area contributed by atoms with Crippen LogP contribution in [-0.2, 0) is 10.3 Å². The van der Waals surface area contributed by atoms with Gasteiger partial charge in [-0.2, -0.15) is 0 Å². The minimum atomic E-state index is -0.657. The van der Waals surface area contributed by atoms with Crippen molar-refractivity contribution in [2.45, 2.75) is 24.4 Å². The first-order valence-electron chi connectivity index (χ1n) is 8.25. The Kier molecular flexibility index (Phi) is 2.42. The molecule has 2 aromatic carbocycles. The monoisotopic (exact) mass is 305 g/mol. The number of anilines is 3. The number of benzene rings is 2. The topological polar surface area (TPSA) is 35.6 Å². The van der Waals surface area contributed by atoms with E-state index in [2.05, 4.69) is 34.5 Å². The van der Waals surface area contributed by atoms with Gasteiger partial charge in [-0.25, -0.2) is 0 Å². The maximum Gasteiger partial charge on any atom is 0.259 e. The Hall–Kier alpha value is -2.49. The molecule has 2 atom stereocenters. The third kappa shape index (κ3) is 1.44. The lowest BCUT2D eigenvalue weighted by Crippen LogP contribution is -2.60. The molecule has 1 amide bonds. The molecule has 1 saturated heterocycles. The fraction of sp³-hybridized carbons (Fsp3) is 0.316. The summed E-state index contributed by atoms with van der Waals surface area (Å²) in [7, 11) is 1.89. The van der Waals surface area contributed by atoms with Gasteiger partial charge in [0.05, 0.1) is 17.4 Å². The van der Waals surface area contributed by atoms with Gasteiger partial charge in [-0.05, 0) is 31.0 Å². The van der Waals surface area contributed by atoms with Crippen LogP contribution in [0.15, 0.2) is 48.5 Å². The Balaban J connectivity index is 1.79. The number of fused-ring (bicyclic) bond motifs is 6. The molecule has 23 heavy (non-hydrogen) atoms. The zero-order chi connectivity index (χ0) is 15.6. The number of carbonyl (C=O) groups is 1. The van der Waals surface area contributed by atoms with E-state index >= 15 is 0 Å². The molecule has 2 unspecified atom stereocenters. The van der Waals surface area contributed by atoms with Gasteiger partial charge in [-0.15, -0.1) is 0 Å². The van der Waals surface area contributed by atoms with Gasteiger partial charge in [0, 0.05) is 24.8 Å². The summed E-state index contributed by atoms with van der Waals surface area (Å²) in [5, 5.41) is 3.65. The van der Waals surface area contributed by atoms with Crippen molar-refractivity contribution >= 4 is 23.0 Å². The molecule has 3 aliphatic heterocycles. The zero-order valence-electron chi connectivity index (χ0n) is 13.1. The average Bonchev–Trinajstić information content (AvgIpc) is 3.16. The molecule has 116 valence electrons. The smallest absolute Gasteiger partial charge is 0.259 e. The predicted molar refractivity (Wildman–Crippen MR) is 92.0 cm³/mol. The van der Waals surface area contributed by atoms with Crippen LogP contribution in [0.25, 0.3) is 0 Å². The number of rotatable bonds is 0. The fourth-order valence-corrected chi connectivity index (χ4v) is 4.66. The number of likely N-dealkylation sites (N-methyl/N-ethyl adjacent to an activating group) is 1. The summed E-state index contributed by atoms with van der Waals surface area (Å²) < 4.78 is 0. The highest BCUT2D eigenvalue weighted by molar-refractivity contribution is 6.11. The van der Waals surface area contributed by atoms with Gasteiger partial charge >= 0.3 is 0 Å². The van der Waals surface area contributed by atoms with Crippen LogP contribution in [0, 0.1) is 0 Å². The lowest BCUT2D eigenvalue weighted by Gasteiger charge is -2.46. The molecule has 1 N–H and O–H groups in total. The summed E-state index contributed by atoms with van der Waals surface area (Å²) >= 11 is 0. The Morgan fingerprint density at radius 3 is 2.70 bits per heavy atom. The minimum absolute atomic E-state index is 0.158. The Morgan fingerprint density at radius 2 is 1.83 bits per heavy atom. The molecular weight excluding hydrogens is 286 g/mol. The molecule has 3 heterocycles. The SMILES string of the molecule is CN1C(=O)C2(Nc3ccccc3N3CCCC32)c2ccccc21. The lowest BCUT2D eigenvalue weighted by molar-refractivity contribution is -0.122. The van der Waals surface area contributed by atoms with E-state index in [1.54, 1.807) is 0 Å². The Morgan fingerprint density at radius 1 is 1.09 bits per heavy atom.